The van der Waals surface area contributed by atoms with Crippen molar-refractivity contribution in [2.75, 3.05) is 19.8 Å². The second kappa shape index (κ2) is 24.1. The first-order valence-electron chi connectivity index (χ1n) is 16.9. The van der Waals surface area contributed by atoms with Gasteiger partial charge < -0.3 is 14.2 Å². The van der Waals surface area contributed by atoms with E-state index in [0.29, 0.717) is 19.8 Å². The van der Waals surface area contributed by atoms with Gasteiger partial charge in [0.05, 0.1) is 19.8 Å². The molecule has 0 aliphatic heterocycles. The summed E-state index contributed by atoms with van der Waals surface area (Å²) < 4.78 is 19.3. The Morgan fingerprint density at radius 3 is 1.34 bits per heavy atom. The number of aromatic nitrogens is 1. The van der Waals surface area contributed by atoms with E-state index in [4.69, 9.17) is 14.2 Å². The van der Waals surface area contributed by atoms with Crippen LogP contribution in [0.15, 0.2) is 36.7 Å². The summed E-state index contributed by atoms with van der Waals surface area (Å²) in [5, 5.41) is 0. The number of hydrogen-bond donors (Lipinski definition) is 0. The number of unbranched alkanes of at least 4 members (excludes halogenated alkanes) is 15. The molecule has 0 amide bonds. The van der Waals surface area contributed by atoms with Crippen LogP contribution in [0.4, 0.5) is 0 Å². The van der Waals surface area contributed by atoms with Crippen molar-refractivity contribution in [2.24, 2.45) is 0 Å². The number of benzene rings is 1. The molecule has 0 atom stereocenters. The maximum atomic E-state index is 6.43. The summed E-state index contributed by atoms with van der Waals surface area (Å²) in [4.78, 5) is 4.14. The molecule has 4 heteroatoms. The van der Waals surface area contributed by atoms with Crippen molar-refractivity contribution >= 4 is 12.2 Å². The fourth-order valence-electron chi connectivity index (χ4n) is 4.90. The molecule has 230 valence electrons. The molecular formula is C37H59NO3. The average molecular weight is 566 g/mol. The zero-order valence-corrected chi connectivity index (χ0v) is 26.6. The summed E-state index contributed by atoms with van der Waals surface area (Å²) in [7, 11) is 0. The molecular weight excluding hydrogens is 506 g/mol. The van der Waals surface area contributed by atoms with E-state index in [1.807, 2.05) is 24.5 Å². The van der Waals surface area contributed by atoms with Crippen LogP contribution in [0.2, 0.25) is 0 Å². The Morgan fingerprint density at radius 1 is 0.488 bits per heavy atom. The molecule has 0 spiro atoms. The van der Waals surface area contributed by atoms with Gasteiger partial charge in [0.2, 0.25) is 5.75 Å². The SMILES string of the molecule is CCCCCCCCOc1cc(/C=C/c2ccncc2)cc(OCCCCCCCC)c1OCCCCCCCC. The van der Waals surface area contributed by atoms with Crippen molar-refractivity contribution in [2.45, 2.75) is 136 Å². The lowest BCUT2D eigenvalue weighted by atomic mass is 10.1. The van der Waals surface area contributed by atoms with E-state index in [1.54, 1.807) is 0 Å². The Balaban J connectivity index is 2.14. The topological polar surface area (TPSA) is 40.6 Å². The molecule has 2 rings (SSSR count). The Morgan fingerprint density at radius 2 is 0.878 bits per heavy atom. The Labute approximate surface area is 252 Å². The van der Waals surface area contributed by atoms with E-state index in [0.717, 1.165) is 47.6 Å². The highest BCUT2D eigenvalue weighted by Crippen LogP contribution is 2.40. The van der Waals surface area contributed by atoms with Crippen LogP contribution in [-0.4, -0.2) is 24.8 Å². The molecule has 0 N–H and O–H groups in total. The third-order valence-electron chi connectivity index (χ3n) is 7.47. The second-order valence-corrected chi connectivity index (χ2v) is 11.3. The first-order chi connectivity index (χ1) is 20.3. The molecule has 0 fully saturated rings. The first-order valence-corrected chi connectivity index (χ1v) is 16.9. The van der Waals surface area contributed by atoms with Gasteiger partial charge in [0.25, 0.3) is 0 Å². The predicted molar refractivity (Wildman–Crippen MR) is 176 cm³/mol. The van der Waals surface area contributed by atoms with Gasteiger partial charge in [0.1, 0.15) is 0 Å². The molecule has 0 unspecified atom stereocenters. The van der Waals surface area contributed by atoms with E-state index in [9.17, 15) is 0 Å². The van der Waals surface area contributed by atoms with Crippen molar-refractivity contribution < 1.29 is 14.2 Å². The van der Waals surface area contributed by atoms with Gasteiger partial charge in [-0.2, -0.15) is 0 Å². The molecule has 0 aliphatic carbocycles. The van der Waals surface area contributed by atoms with Crippen LogP contribution in [0, 0.1) is 0 Å². The number of hydrogen-bond acceptors (Lipinski definition) is 4. The quantitative estimate of drug-likeness (QED) is 0.106. The molecule has 0 bridgehead atoms. The average Bonchev–Trinajstić information content (AvgIpc) is 3.00. The first kappa shape index (κ1) is 34.7. The Kier molecular flexibility index (Phi) is 20.4. The minimum Gasteiger partial charge on any atom is -0.490 e. The van der Waals surface area contributed by atoms with Gasteiger partial charge in [-0.1, -0.05) is 129 Å². The smallest absolute Gasteiger partial charge is 0.203 e. The van der Waals surface area contributed by atoms with E-state index in [2.05, 4.69) is 50.0 Å². The number of rotatable bonds is 26. The highest BCUT2D eigenvalue weighted by atomic mass is 16.5. The monoisotopic (exact) mass is 565 g/mol. The highest BCUT2D eigenvalue weighted by Gasteiger charge is 2.15. The van der Waals surface area contributed by atoms with Crippen LogP contribution < -0.4 is 14.2 Å². The van der Waals surface area contributed by atoms with Gasteiger partial charge in [-0.25, -0.2) is 0 Å². The van der Waals surface area contributed by atoms with Crippen molar-refractivity contribution in [3.63, 3.8) is 0 Å². The second-order valence-electron chi connectivity index (χ2n) is 11.3. The zero-order valence-electron chi connectivity index (χ0n) is 26.6. The molecule has 0 aliphatic rings. The van der Waals surface area contributed by atoms with Gasteiger partial charge >= 0.3 is 0 Å². The van der Waals surface area contributed by atoms with Gasteiger partial charge in [-0.05, 0) is 54.7 Å². The fourth-order valence-corrected chi connectivity index (χ4v) is 4.90. The number of pyridine rings is 1. The zero-order chi connectivity index (χ0) is 29.2. The molecule has 1 heterocycles. The Bertz CT molecular complexity index is 873. The number of ether oxygens (including phenoxy) is 3. The lowest BCUT2D eigenvalue weighted by Crippen LogP contribution is -2.06. The summed E-state index contributed by atoms with van der Waals surface area (Å²) in [5.41, 5.74) is 2.18. The van der Waals surface area contributed by atoms with E-state index < -0.39 is 0 Å². The van der Waals surface area contributed by atoms with Gasteiger partial charge in [-0.3, -0.25) is 4.98 Å². The maximum absolute atomic E-state index is 6.43. The van der Waals surface area contributed by atoms with E-state index in [-0.39, 0.29) is 0 Å². The molecule has 1 aromatic carbocycles. The van der Waals surface area contributed by atoms with Crippen molar-refractivity contribution in [1.29, 1.82) is 0 Å². The third kappa shape index (κ3) is 16.5. The lowest BCUT2D eigenvalue weighted by molar-refractivity contribution is 0.234. The van der Waals surface area contributed by atoms with Crippen molar-refractivity contribution in [3.8, 4) is 17.2 Å². The minimum atomic E-state index is 0.694. The van der Waals surface area contributed by atoms with Gasteiger partial charge in [0.15, 0.2) is 11.5 Å². The molecule has 0 saturated carbocycles. The van der Waals surface area contributed by atoms with E-state index >= 15 is 0 Å². The fraction of sp³-hybridized carbons (Fsp3) is 0.649. The van der Waals surface area contributed by atoms with Crippen LogP contribution >= 0.6 is 0 Å². The largest absolute Gasteiger partial charge is 0.490 e. The predicted octanol–water partition coefficient (Wildman–Crippen LogP) is 11.5. The maximum Gasteiger partial charge on any atom is 0.203 e. The standard InChI is InChI=1S/C37H59NO3/c1-4-7-10-13-16-19-28-39-35-31-34(23-22-33-24-26-38-27-25-33)32-36(40-29-20-17-14-11-8-5-2)37(35)41-30-21-18-15-12-9-6-3/h22-27,31-32H,4-21,28-30H2,1-3H3/b23-22+. The van der Waals surface area contributed by atoms with Crippen LogP contribution in [0.5, 0.6) is 17.2 Å². The van der Waals surface area contributed by atoms with Crippen molar-refractivity contribution in [3.05, 3.63) is 47.8 Å². The minimum absolute atomic E-state index is 0.694. The third-order valence-corrected chi connectivity index (χ3v) is 7.47. The molecule has 0 saturated heterocycles. The lowest BCUT2D eigenvalue weighted by Gasteiger charge is -2.18. The number of nitrogens with zero attached hydrogens (tertiary/aromatic N) is 1. The summed E-state index contributed by atoms with van der Waals surface area (Å²) in [6.07, 6.45) is 30.2. The van der Waals surface area contributed by atoms with Crippen LogP contribution in [0.3, 0.4) is 0 Å². The van der Waals surface area contributed by atoms with Crippen LogP contribution in [0.25, 0.3) is 12.2 Å². The van der Waals surface area contributed by atoms with Gasteiger partial charge in [0, 0.05) is 12.4 Å². The van der Waals surface area contributed by atoms with Crippen molar-refractivity contribution in [1.82, 2.24) is 4.98 Å². The summed E-state index contributed by atoms with van der Waals surface area (Å²) >= 11 is 0. The Hall–Kier alpha value is -2.49. The summed E-state index contributed by atoms with van der Waals surface area (Å²) in [5.74, 6) is 2.38. The molecule has 4 nitrogen and oxygen atoms in total. The highest BCUT2D eigenvalue weighted by molar-refractivity contribution is 5.72. The van der Waals surface area contributed by atoms with Gasteiger partial charge in [-0.15, -0.1) is 0 Å². The summed E-state index contributed by atoms with van der Waals surface area (Å²) in [6, 6.07) is 8.26. The van der Waals surface area contributed by atoms with Crippen LogP contribution in [-0.2, 0) is 0 Å². The molecule has 2 aromatic rings. The molecule has 1 aromatic heterocycles. The van der Waals surface area contributed by atoms with Crippen LogP contribution in [0.1, 0.15) is 147 Å². The molecule has 41 heavy (non-hydrogen) atoms. The molecule has 0 radical (unpaired) electrons. The summed E-state index contributed by atoms with van der Waals surface area (Å²) in [6.45, 7) is 8.88. The normalized spacial score (nSPS) is 11.3. The van der Waals surface area contributed by atoms with E-state index in [1.165, 1.54) is 96.3 Å².